The van der Waals surface area contributed by atoms with Crippen LogP contribution in [-0.2, 0) is 14.3 Å². The molecule has 1 aromatic carbocycles. The van der Waals surface area contributed by atoms with Crippen molar-refractivity contribution in [2.75, 3.05) is 18.7 Å². The largest absolute Gasteiger partial charge is 0.454 e. The van der Waals surface area contributed by atoms with Crippen LogP contribution >= 0.6 is 0 Å². The highest BCUT2D eigenvalue weighted by Gasteiger charge is 2.39. The zero-order valence-electron chi connectivity index (χ0n) is 14.5. The van der Waals surface area contributed by atoms with Gasteiger partial charge in [-0.05, 0) is 38.7 Å². The molecule has 0 radical (unpaired) electrons. The van der Waals surface area contributed by atoms with E-state index in [0.29, 0.717) is 24.3 Å². The van der Waals surface area contributed by atoms with Crippen molar-refractivity contribution >= 4 is 23.3 Å². The average Bonchev–Trinajstić information content (AvgIpc) is 3.06. The lowest BCUT2D eigenvalue weighted by molar-refractivity contribution is -0.170. The molecule has 1 fully saturated rings. The van der Waals surface area contributed by atoms with Crippen LogP contribution in [0, 0.1) is 0 Å². The van der Waals surface area contributed by atoms with E-state index in [1.54, 1.807) is 0 Å². The standard InChI is InChI=1S/C18H21NO7/c1-11(20)12-7-14-15(26-10-25-14)8-13(12)19-16(21)9-24-17(22)18(23)5-3-2-4-6-18/h7-8,23H,2-6,9-10H2,1H3,(H,19,21). The van der Waals surface area contributed by atoms with E-state index < -0.39 is 24.1 Å². The smallest absolute Gasteiger partial charge is 0.338 e. The van der Waals surface area contributed by atoms with Gasteiger partial charge in [0.15, 0.2) is 29.5 Å². The third kappa shape index (κ3) is 3.80. The average molecular weight is 363 g/mol. The van der Waals surface area contributed by atoms with Gasteiger partial charge in [0.05, 0.1) is 5.69 Å². The molecule has 2 N–H and O–H groups in total. The molecular formula is C18H21NO7. The Morgan fingerprint density at radius 1 is 1.15 bits per heavy atom. The summed E-state index contributed by atoms with van der Waals surface area (Å²) in [6.45, 7) is 0.860. The molecule has 3 rings (SSSR count). The van der Waals surface area contributed by atoms with E-state index in [2.05, 4.69) is 5.32 Å². The predicted octanol–water partition coefficient (Wildman–Crippen LogP) is 1.79. The van der Waals surface area contributed by atoms with E-state index in [0.717, 1.165) is 19.3 Å². The van der Waals surface area contributed by atoms with Crippen molar-refractivity contribution in [1.29, 1.82) is 0 Å². The number of aliphatic hydroxyl groups is 1. The molecular weight excluding hydrogens is 342 g/mol. The van der Waals surface area contributed by atoms with E-state index in [9.17, 15) is 19.5 Å². The van der Waals surface area contributed by atoms with Gasteiger partial charge < -0.3 is 24.6 Å². The lowest BCUT2D eigenvalue weighted by atomic mass is 9.85. The van der Waals surface area contributed by atoms with Gasteiger partial charge in [0.1, 0.15) is 0 Å². The van der Waals surface area contributed by atoms with Crippen LogP contribution < -0.4 is 14.8 Å². The molecule has 8 nitrogen and oxygen atoms in total. The topological polar surface area (TPSA) is 111 Å². The van der Waals surface area contributed by atoms with E-state index >= 15 is 0 Å². The van der Waals surface area contributed by atoms with Gasteiger partial charge in [-0.15, -0.1) is 0 Å². The van der Waals surface area contributed by atoms with E-state index in [-0.39, 0.29) is 23.8 Å². The predicted molar refractivity (Wildman–Crippen MR) is 90.2 cm³/mol. The molecule has 1 saturated carbocycles. The molecule has 8 heteroatoms. The number of anilines is 1. The van der Waals surface area contributed by atoms with Gasteiger partial charge in [-0.2, -0.15) is 0 Å². The summed E-state index contributed by atoms with van der Waals surface area (Å²) in [6, 6.07) is 2.99. The molecule has 140 valence electrons. The SMILES string of the molecule is CC(=O)c1cc2c(cc1NC(=O)COC(=O)C1(O)CCCCC1)OCO2. The summed E-state index contributed by atoms with van der Waals surface area (Å²) in [5.74, 6) is -0.811. The lowest BCUT2D eigenvalue weighted by Crippen LogP contribution is -2.42. The number of benzene rings is 1. The number of esters is 1. The summed E-state index contributed by atoms with van der Waals surface area (Å²) in [6.07, 6.45) is 3.14. The van der Waals surface area contributed by atoms with Crippen LogP contribution in [0.2, 0.25) is 0 Å². The first-order chi connectivity index (χ1) is 12.4. The van der Waals surface area contributed by atoms with Crippen molar-refractivity contribution in [3.05, 3.63) is 17.7 Å². The van der Waals surface area contributed by atoms with Crippen LogP contribution in [0.5, 0.6) is 11.5 Å². The van der Waals surface area contributed by atoms with Gasteiger partial charge in [0.2, 0.25) is 6.79 Å². The second kappa shape index (κ2) is 7.33. The monoisotopic (exact) mass is 363 g/mol. The molecule has 1 aromatic rings. The first-order valence-corrected chi connectivity index (χ1v) is 8.53. The number of hydrogen-bond donors (Lipinski definition) is 2. The van der Waals surface area contributed by atoms with Crippen LogP contribution in [0.25, 0.3) is 0 Å². The van der Waals surface area contributed by atoms with Gasteiger partial charge in [-0.3, -0.25) is 9.59 Å². The van der Waals surface area contributed by atoms with E-state index in [4.69, 9.17) is 14.2 Å². The minimum Gasteiger partial charge on any atom is -0.454 e. The fraction of sp³-hybridized carbons (Fsp3) is 0.500. The number of Topliss-reactive ketones (excluding diaryl/α,β-unsaturated/α-hetero) is 1. The Kier molecular flexibility index (Phi) is 5.13. The maximum Gasteiger partial charge on any atom is 0.338 e. The number of carbonyl (C=O) groups excluding carboxylic acids is 3. The molecule has 1 amide bonds. The Labute approximate surface area is 150 Å². The Morgan fingerprint density at radius 2 is 1.81 bits per heavy atom. The van der Waals surface area contributed by atoms with Crippen LogP contribution in [0.1, 0.15) is 49.4 Å². The first-order valence-electron chi connectivity index (χ1n) is 8.53. The van der Waals surface area contributed by atoms with Gasteiger partial charge in [-0.1, -0.05) is 6.42 Å². The van der Waals surface area contributed by atoms with Crippen molar-refractivity contribution < 1.29 is 33.7 Å². The fourth-order valence-corrected chi connectivity index (χ4v) is 3.13. The summed E-state index contributed by atoms with van der Waals surface area (Å²) in [7, 11) is 0. The summed E-state index contributed by atoms with van der Waals surface area (Å²) in [5, 5.41) is 12.8. The third-order valence-corrected chi connectivity index (χ3v) is 4.56. The lowest BCUT2D eigenvalue weighted by Gasteiger charge is -2.29. The van der Waals surface area contributed by atoms with Crippen molar-refractivity contribution in [1.82, 2.24) is 0 Å². The number of carbonyl (C=O) groups is 3. The third-order valence-electron chi connectivity index (χ3n) is 4.56. The number of ketones is 1. The number of nitrogens with one attached hydrogen (secondary N) is 1. The molecule has 0 bridgehead atoms. The normalized spacial score (nSPS) is 17.5. The quantitative estimate of drug-likeness (QED) is 0.606. The number of amides is 1. The molecule has 2 aliphatic rings. The fourth-order valence-electron chi connectivity index (χ4n) is 3.13. The number of rotatable bonds is 5. The van der Waals surface area contributed by atoms with Crippen molar-refractivity contribution in [2.45, 2.75) is 44.6 Å². The molecule has 1 heterocycles. The second-order valence-electron chi connectivity index (χ2n) is 6.52. The second-order valence-corrected chi connectivity index (χ2v) is 6.52. The zero-order chi connectivity index (χ0) is 18.7. The van der Waals surface area contributed by atoms with Crippen LogP contribution in [-0.4, -0.2) is 41.8 Å². The minimum atomic E-state index is -1.51. The maximum absolute atomic E-state index is 12.1. The van der Waals surface area contributed by atoms with Crippen molar-refractivity contribution in [2.24, 2.45) is 0 Å². The molecule has 0 spiro atoms. The summed E-state index contributed by atoms with van der Waals surface area (Å²) >= 11 is 0. The zero-order valence-corrected chi connectivity index (χ0v) is 14.5. The number of fused-ring (bicyclic) bond motifs is 1. The van der Waals surface area contributed by atoms with Gasteiger partial charge >= 0.3 is 5.97 Å². The van der Waals surface area contributed by atoms with Crippen LogP contribution in [0.3, 0.4) is 0 Å². The molecule has 26 heavy (non-hydrogen) atoms. The molecule has 0 unspecified atom stereocenters. The summed E-state index contributed by atoms with van der Waals surface area (Å²) < 4.78 is 15.4. The highest BCUT2D eigenvalue weighted by atomic mass is 16.7. The van der Waals surface area contributed by atoms with E-state index in [1.165, 1.54) is 19.1 Å². The summed E-state index contributed by atoms with van der Waals surface area (Å²) in [4.78, 5) is 36.0. The molecule has 1 aliphatic heterocycles. The Morgan fingerprint density at radius 3 is 2.46 bits per heavy atom. The van der Waals surface area contributed by atoms with Crippen LogP contribution in [0.4, 0.5) is 5.69 Å². The van der Waals surface area contributed by atoms with E-state index in [1.807, 2.05) is 0 Å². The first kappa shape index (κ1) is 18.2. The minimum absolute atomic E-state index is 0.0419. The van der Waals surface area contributed by atoms with Crippen molar-refractivity contribution in [3.8, 4) is 11.5 Å². The van der Waals surface area contributed by atoms with Gasteiger partial charge in [0.25, 0.3) is 5.91 Å². The molecule has 0 atom stereocenters. The van der Waals surface area contributed by atoms with Crippen molar-refractivity contribution in [3.63, 3.8) is 0 Å². The Bertz CT molecular complexity index is 737. The maximum atomic E-state index is 12.1. The van der Waals surface area contributed by atoms with Gasteiger partial charge in [0, 0.05) is 11.6 Å². The highest BCUT2D eigenvalue weighted by molar-refractivity contribution is 6.05. The van der Waals surface area contributed by atoms with Crippen LogP contribution in [0.15, 0.2) is 12.1 Å². The number of ether oxygens (including phenoxy) is 3. The summed E-state index contributed by atoms with van der Waals surface area (Å²) in [5.41, 5.74) is -0.999. The molecule has 0 saturated heterocycles. The Balaban J connectivity index is 1.63. The molecule has 1 aliphatic carbocycles. The Hall–Kier alpha value is -2.61. The number of hydrogen-bond acceptors (Lipinski definition) is 7. The highest BCUT2D eigenvalue weighted by Crippen LogP contribution is 2.37. The van der Waals surface area contributed by atoms with Gasteiger partial charge in [-0.25, -0.2) is 4.79 Å². The molecule has 0 aromatic heterocycles.